The molecule has 0 unspecified atom stereocenters. The van der Waals surface area contributed by atoms with Gasteiger partial charge in [0.05, 0.1) is 0 Å². The van der Waals surface area contributed by atoms with Gasteiger partial charge >= 0.3 is 39.0 Å². The summed E-state index contributed by atoms with van der Waals surface area (Å²) in [6.07, 6.45) is 0. The van der Waals surface area contributed by atoms with Crippen LogP contribution in [0.1, 0.15) is 0 Å². The summed E-state index contributed by atoms with van der Waals surface area (Å²) in [5, 5.41) is 16.4. The molecule has 0 aliphatic heterocycles. The van der Waals surface area contributed by atoms with Gasteiger partial charge in [0.15, 0.2) is 17.4 Å². The summed E-state index contributed by atoms with van der Waals surface area (Å²) in [6, 6.07) is 0. The Balaban J connectivity index is -0.000000102. The van der Waals surface area contributed by atoms with Gasteiger partial charge in [0, 0.05) is 0 Å². The second kappa shape index (κ2) is 22.7. The van der Waals surface area contributed by atoms with Gasteiger partial charge in [-0.2, -0.15) is 0 Å². The Labute approximate surface area is 298 Å². The first-order chi connectivity index (χ1) is 17.1. The van der Waals surface area contributed by atoms with E-state index in [1.807, 2.05) is 112 Å². The SMILES string of the molecule is CN(C)[Si]([NH-])(N(C)C)N(C)C.CN(C)[Si]([NH-])(N(C)C)N(C)C.C[Si](C)(C)[N-][Si](C)(C)C.C[Si](C)(C)[N-][Si](C)(C)C.[Zn+2].[Zn+2]. The van der Waals surface area contributed by atoms with Crippen LogP contribution in [0.4, 0.5) is 0 Å². The van der Waals surface area contributed by atoms with Crippen LogP contribution < -0.4 is 0 Å². The third-order valence-electron chi connectivity index (χ3n) is 5.08. The molecule has 10 nitrogen and oxygen atoms in total. The van der Waals surface area contributed by atoms with Crippen LogP contribution in [0.15, 0.2) is 0 Å². The second-order valence-electron chi connectivity index (χ2n) is 15.5. The number of rotatable bonds is 10. The Morgan fingerprint density at radius 2 is 0.405 bits per heavy atom. The van der Waals surface area contributed by atoms with E-state index in [0.717, 1.165) is 0 Å². The molecule has 248 valence electrons. The topological polar surface area (TPSA) is 95.2 Å². The predicted molar refractivity (Wildman–Crippen MR) is 202 cm³/mol. The van der Waals surface area contributed by atoms with Crippen molar-refractivity contribution in [2.75, 3.05) is 84.6 Å². The molecule has 0 aromatic carbocycles. The van der Waals surface area contributed by atoms with Gasteiger partial charge in [0.2, 0.25) is 0 Å². The molecule has 0 saturated carbocycles. The third-order valence-corrected chi connectivity index (χ3v) is 23.3. The summed E-state index contributed by atoms with van der Waals surface area (Å²) in [5.41, 5.74) is 0. The number of nitrogens with one attached hydrogen (secondary N) is 2. The minimum Gasteiger partial charge on any atom is -0.668 e. The van der Waals surface area contributed by atoms with E-state index in [0.29, 0.717) is 0 Å². The van der Waals surface area contributed by atoms with E-state index in [2.05, 4.69) is 78.6 Å². The fourth-order valence-corrected chi connectivity index (χ4v) is 25.3. The maximum absolute atomic E-state index is 8.20. The van der Waals surface area contributed by atoms with Crippen molar-refractivity contribution in [3.8, 4) is 0 Å². The van der Waals surface area contributed by atoms with Crippen molar-refractivity contribution >= 4 is 50.4 Å². The summed E-state index contributed by atoms with van der Waals surface area (Å²) in [6.45, 7) is 27.6. The van der Waals surface area contributed by atoms with Crippen LogP contribution in [0.5, 0.6) is 0 Å². The van der Waals surface area contributed by atoms with Gasteiger partial charge in [-0.25, -0.2) is 0 Å². The van der Waals surface area contributed by atoms with Gasteiger partial charge in [-0.05, 0) is 84.6 Å². The smallest absolute Gasteiger partial charge is 0.668 e. The average Bonchev–Trinajstić information content (AvgIpc) is 2.60. The number of nitrogens with zero attached hydrogens (tertiary/aromatic N) is 8. The zero-order chi connectivity index (χ0) is 33.9. The zero-order valence-electron chi connectivity index (χ0n) is 33.0. The van der Waals surface area contributed by atoms with E-state index in [-0.39, 0.29) is 39.0 Å². The Kier molecular flexibility index (Phi) is 30.5. The Morgan fingerprint density at radius 1 is 0.310 bits per heavy atom. The minimum atomic E-state index is -2.23. The minimum absolute atomic E-state index is 0. The van der Waals surface area contributed by atoms with Crippen LogP contribution >= 0.6 is 0 Å². The molecule has 0 radical (unpaired) electrons. The molecule has 0 rings (SSSR count). The van der Waals surface area contributed by atoms with E-state index >= 15 is 0 Å². The fourth-order valence-electron chi connectivity index (χ4n) is 4.41. The molecule has 0 aliphatic carbocycles. The Morgan fingerprint density at radius 3 is 0.405 bits per heavy atom. The molecule has 0 spiro atoms. The van der Waals surface area contributed by atoms with E-state index in [1.165, 1.54) is 0 Å². The molecule has 42 heavy (non-hydrogen) atoms. The molecular formula is C24H74N10Si6Zn2. The molecule has 0 aromatic heterocycles. The molecule has 0 aromatic rings. The second-order valence-corrected chi connectivity index (χ2v) is 42.6. The van der Waals surface area contributed by atoms with Gasteiger partial charge in [-0.1, -0.05) is 112 Å². The van der Waals surface area contributed by atoms with Crippen molar-refractivity contribution in [3.63, 3.8) is 0 Å². The summed E-state index contributed by atoms with van der Waals surface area (Å²) in [7, 11) is 14.6. The Bertz CT molecular complexity index is 539. The standard InChI is InChI=1S/2C6H19N4Si.2C6H18NSi2.2Zn/c2*1-8(2)11(7,9(3)4)10(5)6;2*1-8(2,3)7-9(4,5)6;;/h2*7H,1-6H3;2*1-6H3;;/q4*-1;2*+2. The van der Waals surface area contributed by atoms with Crippen molar-refractivity contribution < 1.29 is 39.0 Å². The molecular weight excluding hydrogens is 728 g/mol. The van der Waals surface area contributed by atoms with Crippen molar-refractivity contribution in [3.05, 3.63) is 20.1 Å². The van der Waals surface area contributed by atoms with Crippen LogP contribution in [0, 0.1) is 0 Å². The van der Waals surface area contributed by atoms with Crippen molar-refractivity contribution in [2.24, 2.45) is 0 Å². The molecule has 0 atom stereocenters. The first-order valence-electron chi connectivity index (χ1n) is 14.1. The maximum atomic E-state index is 8.20. The zero-order valence-corrected chi connectivity index (χ0v) is 44.9. The van der Waals surface area contributed by atoms with Crippen molar-refractivity contribution in [1.82, 2.24) is 27.4 Å². The predicted octanol–water partition coefficient (Wildman–Crippen LogP) is 6.37. The van der Waals surface area contributed by atoms with Crippen LogP contribution in [0.25, 0.3) is 20.1 Å². The molecule has 0 aliphatic rings. The monoisotopic (exact) mass is 798 g/mol. The van der Waals surface area contributed by atoms with Gasteiger partial charge < -0.3 is 47.5 Å². The number of hydrogen-bond donors (Lipinski definition) is 0. The van der Waals surface area contributed by atoms with Crippen LogP contribution in [-0.4, -0.2) is 162 Å². The van der Waals surface area contributed by atoms with E-state index in [1.54, 1.807) is 0 Å². The Hall–Kier alpha value is 2.15. The summed E-state index contributed by atoms with van der Waals surface area (Å²) in [5.74, 6) is 0. The largest absolute Gasteiger partial charge is 2.00 e. The van der Waals surface area contributed by atoms with Crippen molar-refractivity contribution in [2.45, 2.75) is 78.6 Å². The number of hydrogen-bond acceptors (Lipinski definition) is 6. The van der Waals surface area contributed by atoms with E-state index in [9.17, 15) is 0 Å². The molecule has 0 amide bonds. The van der Waals surface area contributed by atoms with Crippen LogP contribution in [0.3, 0.4) is 0 Å². The van der Waals surface area contributed by atoms with Crippen LogP contribution in [-0.2, 0) is 39.0 Å². The normalized spacial score (nSPS) is 13.1. The summed E-state index contributed by atoms with van der Waals surface area (Å²) < 4.78 is 21.6. The van der Waals surface area contributed by atoms with Gasteiger partial charge in [-0.15, -0.1) is 0 Å². The van der Waals surface area contributed by atoms with Gasteiger partial charge in [0.25, 0.3) is 0 Å². The molecule has 18 heteroatoms. The average molecular weight is 802 g/mol. The third kappa shape index (κ3) is 28.4. The van der Waals surface area contributed by atoms with Gasteiger partial charge in [-0.3, -0.25) is 0 Å². The van der Waals surface area contributed by atoms with E-state index < -0.39 is 50.4 Å². The molecule has 0 bridgehead atoms. The summed E-state index contributed by atoms with van der Waals surface area (Å²) >= 11 is 0. The van der Waals surface area contributed by atoms with Crippen LogP contribution in [0.2, 0.25) is 78.6 Å². The van der Waals surface area contributed by atoms with Gasteiger partial charge in [0.1, 0.15) is 0 Å². The molecule has 0 saturated heterocycles. The molecule has 0 fully saturated rings. The maximum Gasteiger partial charge on any atom is 2.00 e. The van der Waals surface area contributed by atoms with Crippen molar-refractivity contribution in [1.29, 1.82) is 0 Å². The quantitative estimate of drug-likeness (QED) is 0.239. The van der Waals surface area contributed by atoms with E-state index in [4.69, 9.17) is 20.1 Å². The molecule has 2 N–H and O–H groups in total. The first kappa shape index (κ1) is 56.5. The molecule has 0 heterocycles. The fraction of sp³-hybridized carbons (Fsp3) is 1.00. The summed E-state index contributed by atoms with van der Waals surface area (Å²) in [4.78, 5) is 0. The first-order valence-corrected chi connectivity index (χ1v) is 31.6.